The van der Waals surface area contributed by atoms with Crippen molar-refractivity contribution in [1.82, 2.24) is 9.38 Å². The SMILES string of the molecule is CC[C@@H](C)C(=O)N1CCc2cc(-c3cn4ccccc4n3)ccc21. The molecule has 0 saturated carbocycles. The summed E-state index contributed by atoms with van der Waals surface area (Å²) in [6, 6.07) is 12.3. The summed E-state index contributed by atoms with van der Waals surface area (Å²) in [4.78, 5) is 19.1. The van der Waals surface area contributed by atoms with E-state index in [1.807, 2.05) is 46.8 Å². The van der Waals surface area contributed by atoms with E-state index < -0.39 is 0 Å². The van der Waals surface area contributed by atoms with Crippen molar-refractivity contribution >= 4 is 17.2 Å². The van der Waals surface area contributed by atoms with Gasteiger partial charge in [0.25, 0.3) is 0 Å². The van der Waals surface area contributed by atoms with E-state index in [1.54, 1.807) is 0 Å². The first-order valence-corrected chi connectivity index (χ1v) is 8.56. The fourth-order valence-corrected chi connectivity index (χ4v) is 3.30. The third kappa shape index (κ3) is 2.39. The molecule has 0 spiro atoms. The van der Waals surface area contributed by atoms with Crippen LogP contribution in [-0.2, 0) is 11.2 Å². The van der Waals surface area contributed by atoms with Gasteiger partial charge in [0.1, 0.15) is 5.65 Å². The van der Waals surface area contributed by atoms with Gasteiger partial charge in [-0.05, 0) is 42.7 Å². The molecular formula is C20H21N3O. The number of carbonyl (C=O) groups excluding carboxylic acids is 1. The maximum atomic E-state index is 12.5. The third-order valence-electron chi connectivity index (χ3n) is 4.93. The van der Waals surface area contributed by atoms with Crippen LogP contribution in [0.25, 0.3) is 16.9 Å². The Hall–Kier alpha value is -2.62. The lowest BCUT2D eigenvalue weighted by Gasteiger charge is -2.21. The number of anilines is 1. The molecule has 0 saturated heterocycles. The lowest BCUT2D eigenvalue weighted by molar-refractivity contribution is -0.121. The summed E-state index contributed by atoms with van der Waals surface area (Å²) in [7, 11) is 0. The minimum Gasteiger partial charge on any atom is -0.312 e. The number of pyridine rings is 1. The molecule has 4 heteroatoms. The first kappa shape index (κ1) is 14.9. The number of amides is 1. The molecular weight excluding hydrogens is 298 g/mol. The number of fused-ring (bicyclic) bond motifs is 2. The Labute approximate surface area is 141 Å². The van der Waals surface area contributed by atoms with Crippen molar-refractivity contribution in [3.63, 3.8) is 0 Å². The van der Waals surface area contributed by atoms with Crippen LogP contribution in [0.3, 0.4) is 0 Å². The van der Waals surface area contributed by atoms with Crippen LogP contribution in [0.1, 0.15) is 25.8 Å². The van der Waals surface area contributed by atoms with Crippen LogP contribution >= 0.6 is 0 Å². The van der Waals surface area contributed by atoms with Crippen molar-refractivity contribution in [1.29, 1.82) is 0 Å². The van der Waals surface area contributed by atoms with E-state index in [2.05, 4.69) is 30.1 Å². The van der Waals surface area contributed by atoms with Crippen LogP contribution in [0.5, 0.6) is 0 Å². The van der Waals surface area contributed by atoms with E-state index in [-0.39, 0.29) is 11.8 Å². The summed E-state index contributed by atoms with van der Waals surface area (Å²) in [6.07, 6.45) is 5.85. The van der Waals surface area contributed by atoms with E-state index in [0.29, 0.717) is 0 Å². The molecule has 4 rings (SSSR count). The number of rotatable bonds is 3. The van der Waals surface area contributed by atoms with Gasteiger partial charge in [-0.15, -0.1) is 0 Å². The minimum atomic E-state index is 0.0778. The molecule has 0 bridgehead atoms. The van der Waals surface area contributed by atoms with E-state index >= 15 is 0 Å². The number of nitrogens with zero attached hydrogens (tertiary/aromatic N) is 3. The number of benzene rings is 1. The second-order valence-electron chi connectivity index (χ2n) is 6.48. The normalized spacial score (nSPS) is 14.8. The maximum Gasteiger partial charge on any atom is 0.229 e. The van der Waals surface area contributed by atoms with Crippen molar-refractivity contribution < 1.29 is 4.79 Å². The fourth-order valence-electron chi connectivity index (χ4n) is 3.30. The topological polar surface area (TPSA) is 37.6 Å². The lowest BCUT2D eigenvalue weighted by atomic mass is 10.1. The highest BCUT2D eigenvalue weighted by molar-refractivity contribution is 5.97. The van der Waals surface area contributed by atoms with Crippen molar-refractivity contribution in [2.75, 3.05) is 11.4 Å². The molecule has 0 unspecified atom stereocenters. The Morgan fingerprint density at radius 1 is 1.29 bits per heavy atom. The number of hydrogen-bond donors (Lipinski definition) is 0. The third-order valence-corrected chi connectivity index (χ3v) is 4.93. The van der Waals surface area contributed by atoms with Gasteiger partial charge in [-0.2, -0.15) is 0 Å². The van der Waals surface area contributed by atoms with Crippen LogP contribution < -0.4 is 4.90 Å². The molecule has 122 valence electrons. The summed E-state index contributed by atoms with van der Waals surface area (Å²) in [5.41, 5.74) is 5.32. The average molecular weight is 319 g/mol. The largest absolute Gasteiger partial charge is 0.312 e. The molecule has 3 aromatic rings. The molecule has 1 atom stereocenters. The van der Waals surface area contributed by atoms with Gasteiger partial charge in [0.2, 0.25) is 5.91 Å². The van der Waals surface area contributed by atoms with Gasteiger partial charge in [0.05, 0.1) is 5.69 Å². The zero-order valence-corrected chi connectivity index (χ0v) is 14.1. The molecule has 0 aliphatic carbocycles. The Morgan fingerprint density at radius 3 is 2.96 bits per heavy atom. The molecule has 3 heterocycles. The predicted molar refractivity (Wildman–Crippen MR) is 96.1 cm³/mol. The summed E-state index contributed by atoms with van der Waals surface area (Å²) in [5, 5.41) is 0. The second kappa shape index (κ2) is 5.78. The van der Waals surface area contributed by atoms with Gasteiger partial charge < -0.3 is 9.30 Å². The van der Waals surface area contributed by atoms with Crippen molar-refractivity contribution in [3.05, 3.63) is 54.4 Å². The fraction of sp³-hybridized carbons (Fsp3) is 0.300. The highest BCUT2D eigenvalue weighted by Gasteiger charge is 2.27. The molecule has 1 amide bonds. The number of carbonyl (C=O) groups is 1. The lowest BCUT2D eigenvalue weighted by Crippen LogP contribution is -2.33. The Kier molecular flexibility index (Phi) is 3.60. The minimum absolute atomic E-state index is 0.0778. The monoisotopic (exact) mass is 319 g/mol. The molecule has 0 N–H and O–H groups in total. The van der Waals surface area contributed by atoms with E-state index in [1.165, 1.54) is 5.56 Å². The quantitative estimate of drug-likeness (QED) is 0.733. The number of hydrogen-bond acceptors (Lipinski definition) is 2. The van der Waals surface area contributed by atoms with Gasteiger partial charge in [-0.3, -0.25) is 4.79 Å². The highest BCUT2D eigenvalue weighted by Crippen LogP contribution is 2.33. The van der Waals surface area contributed by atoms with Crippen molar-refractivity contribution in [2.45, 2.75) is 26.7 Å². The van der Waals surface area contributed by atoms with Crippen LogP contribution in [0, 0.1) is 5.92 Å². The second-order valence-corrected chi connectivity index (χ2v) is 6.48. The first-order chi connectivity index (χ1) is 11.7. The molecule has 1 aliphatic heterocycles. The van der Waals surface area contributed by atoms with Gasteiger partial charge in [0, 0.05) is 36.1 Å². The summed E-state index contributed by atoms with van der Waals surface area (Å²) in [5.74, 6) is 0.311. The zero-order valence-electron chi connectivity index (χ0n) is 14.1. The smallest absolute Gasteiger partial charge is 0.229 e. The van der Waals surface area contributed by atoms with Gasteiger partial charge in [-0.25, -0.2) is 4.98 Å². The maximum absolute atomic E-state index is 12.5. The predicted octanol–water partition coefficient (Wildman–Crippen LogP) is 3.94. The average Bonchev–Trinajstić information content (AvgIpc) is 3.23. The van der Waals surface area contributed by atoms with Crippen LogP contribution in [-0.4, -0.2) is 21.8 Å². The molecule has 4 nitrogen and oxygen atoms in total. The van der Waals surface area contributed by atoms with E-state index in [9.17, 15) is 4.79 Å². The van der Waals surface area contributed by atoms with Gasteiger partial charge in [-0.1, -0.05) is 26.0 Å². The summed E-state index contributed by atoms with van der Waals surface area (Å²) < 4.78 is 2.03. The Morgan fingerprint density at radius 2 is 2.17 bits per heavy atom. The van der Waals surface area contributed by atoms with Crippen LogP contribution in [0.4, 0.5) is 5.69 Å². The first-order valence-electron chi connectivity index (χ1n) is 8.56. The zero-order chi connectivity index (χ0) is 16.7. The Balaban J connectivity index is 1.68. The van der Waals surface area contributed by atoms with Crippen molar-refractivity contribution in [3.8, 4) is 11.3 Å². The molecule has 0 radical (unpaired) electrons. The molecule has 0 fully saturated rings. The number of aromatic nitrogens is 2. The van der Waals surface area contributed by atoms with Crippen LogP contribution in [0.15, 0.2) is 48.8 Å². The molecule has 1 aliphatic rings. The Bertz CT molecular complexity index is 879. The van der Waals surface area contributed by atoms with E-state index in [4.69, 9.17) is 0 Å². The molecule has 2 aromatic heterocycles. The highest BCUT2D eigenvalue weighted by atomic mass is 16.2. The summed E-state index contributed by atoms with van der Waals surface area (Å²) >= 11 is 0. The van der Waals surface area contributed by atoms with Gasteiger partial charge in [0.15, 0.2) is 0 Å². The van der Waals surface area contributed by atoms with Crippen molar-refractivity contribution in [2.24, 2.45) is 5.92 Å². The molecule has 1 aromatic carbocycles. The van der Waals surface area contributed by atoms with E-state index in [0.717, 1.165) is 42.0 Å². The van der Waals surface area contributed by atoms with Crippen LogP contribution in [0.2, 0.25) is 0 Å². The standard InChI is InChI=1S/C20H21N3O/c1-3-14(2)20(24)23-11-9-16-12-15(7-8-18(16)23)17-13-22-10-5-4-6-19(22)21-17/h4-8,10,12-14H,3,9,11H2,1-2H3/t14-/m1/s1. The molecule has 24 heavy (non-hydrogen) atoms. The van der Waals surface area contributed by atoms with Gasteiger partial charge >= 0.3 is 0 Å². The number of imidazole rings is 1. The summed E-state index contributed by atoms with van der Waals surface area (Å²) in [6.45, 7) is 4.85.